The van der Waals surface area contributed by atoms with Gasteiger partial charge in [0.05, 0.1) is 25.4 Å². The first kappa shape index (κ1) is 77.1. The van der Waals surface area contributed by atoms with Gasteiger partial charge < -0.3 is 20.3 Å². The summed E-state index contributed by atoms with van der Waals surface area (Å²) in [6, 6.07) is -0.628. The van der Waals surface area contributed by atoms with E-state index in [9.17, 15) is 19.8 Å². The second kappa shape index (κ2) is 68.6. The van der Waals surface area contributed by atoms with Gasteiger partial charge in [-0.2, -0.15) is 0 Å². The van der Waals surface area contributed by atoms with Crippen LogP contribution in [0.4, 0.5) is 0 Å². The van der Waals surface area contributed by atoms with Crippen molar-refractivity contribution >= 4 is 11.9 Å². The number of carbonyl (C=O) groups is 2. The number of unbranched alkanes of at least 4 members (excludes halogenated alkanes) is 52. The summed E-state index contributed by atoms with van der Waals surface area (Å²) >= 11 is 0. The van der Waals surface area contributed by atoms with Crippen molar-refractivity contribution in [2.75, 3.05) is 13.2 Å². The maximum atomic E-state index is 12.5. The molecule has 0 saturated heterocycles. The van der Waals surface area contributed by atoms with Crippen LogP contribution in [-0.4, -0.2) is 47.4 Å². The summed E-state index contributed by atoms with van der Waals surface area (Å²) in [6.45, 7) is 4.91. The molecule has 0 spiro atoms. The molecule has 6 nitrogen and oxygen atoms in total. The van der Waals surface area contributed by atoms with E-state index in [0.717, 1.165) is 51.4 Å². The first-order valence-electron chi connectivity index (χ1n) is 35.8. The number of hydrogen-bond donors (Lipinski definition) is 3. The number of hydrogen-bond acceptors (Lipinski definition) is 5. The lowest BCUT2D eigenvalue weighted by molar-refractivity contribution is -0.143. The van der Waals surface area contributed by atoms with E-state index in [1.807, 2.05) is 6.08 Å². The molecule has 2 atom stereocenters. The third-order valence-corrected chi connectivity index (χ3v) is 16.7. The van der Waals surface area contributed by atoms with Gasteiger partial charge in [-0.15, -0.1) is 0 Å². The molecule has 0 heterocycles. The zero-order chi connectivity index (χ0) is 57.1. The van der Waals surface area contributed by atoms with E-state index in [1.54, 1.807) is 6.08 Å². The van der Waals surface area contributed by atoms with Gasteiger partial charge in [0.1, 0.15) is 0 Å². The highest BCUT2D eigenvalue weighted by Gasteiger charge is 2.18. The SMILES string of the molecule is CCCCC/C=C\C/C=C\CCCCCCCCCC(=O)OCCCCCCCCCCCCCCCCCCCCCCCCCCCC(=O)NC(CO)C(O)/C=C/CCCCCCCCCCCCCCCCCCCC. The van der Waals surface area contributed by atoms with Crippen molar-refractivity contribution in [1.82, 2.24) is 5.32 Å². The van der Waals surface area contributed by atoms with Crippen molar-refractivity contribution in [2.24, 2.45) is 0 Å². The van der Waals surface area contributed by atoms with Gasteiger partial charge in [-0.05, 0) is 64.2 Å². The van der Waals surface area contributed by atoms with Crippen LogP contribution in [0.3, 0.4) is 0 Å². The maximum Gasteiger partial charge on any atom is 0.305 e. The summed E-state index contributed by atoms with van der Waals surface area (Å²) in [5.41, 5.74) is 0. The van der Waals surface area contributed by atoms with Crippen LogP contribution >= 0.6 is 0 Å². The molecule has 0 aliphatic carbocycles. The Hall–Kier alpha value is -1.92. The summed E-state index contributed by atoms with van der Waals surface area (Å²) in [5, 5.41) is 23.2. The lowest BCUT2D eigenvalue weighted by Gasteiger charge is -2.20. The van der Waals surface area contributed by atoms with E-state index in [4.69, 9.17) is 4.74 Å². The van der Waals surface area contributed by atoms with Gasteiger partial charge in [-0.3, -0.25) is 9.59 Å². The molecule has 79 heavy (non-hydrogen) atoms. The Labute approximate surface area is 494 Å². The summed E-state index contributed by atoms with van der Waals surface area (Å²) in [4.78, 5) is 24.6. The second-order valence-electron chi connectivity index (χ2n) is 24.6. The number of aliphatic hydroxyl groups is 2. The zero-order valence-corrected chi connectivity index (χ0v) is 53.4. The predicted molar refractivity (Wildman–Crippen MR) is 347 cm³/mol. The zero-order valence-electron chi connectivity index (χ0n) is 53.4. The molecular formula is C73H139NO5. The van der Waals surface area contributed by atoms with Crippen molar-refractivity contribution in [3.63, 3.8) is 0 Å². The molecule has 2 unspecified atom stereocenters. The average Bonchev–Trinajstić information content (AvgIpc) is 3.45. The molecule has 3 N–H and O–H groups in total. The highest BCUT2D eigenvalue weighted by atomic mass is 16.5. The predicted octanol–water partition coefficient (Wildman–Crippen LogP) is 23.1. The fourth-order valence-corrected chi connectivity index (χ4v) is 11.2. The summed E-state index contributed by atoms with van der Waals surface area (Å²) in [5.74, 6) is -0.0540. The van der Waals surface area contributed by atoms with Gasteiger partial charge in [0.2, 0.25) is 5.91 Å². The molecule has 0 aromatic carbocycles. The molecule has 0 fully saturated rings. The molecule has 0 rings (SSSR count). The van der Waals surface area contributed by atoms with Crippen LogP contribution in [0.5, 0.6) is 0 Å². The van der Waals surface area contributed by atoms with Gasteiger partial charge in [0.15, 0.2) is 0 Å². The van der Waals surface area contributed by atoms with Crippen LogP contribution in [0.25, 0.3) is 0 Å². The average molecular weight is 1110 g/mol. The lowest BCUT2D eigenvalue weighted by atomic mass is 10.0. The Balaban J connectivity index is 3.38. The first-order chi connectivity index (χ1) is 39.0. The molecule has 0 aromatic rings. The van der Waals surface area contributed by atoms with Crippen LogP contribution in [0.2, 0.25) is 0 Å². The van der Waals surface area contributed by atoms with Gasteiger partial charge in [-0.25, -0.2) is 0 Å². The monoisotopic (exact) mass is 1110 g/mol. The van der Waals surface area contributed by atoms with Crippen molar-refractivity contribution in [2.45, 2.75) is 405 Å². The molecule has 6 heteroatoms. The van der Waals surface area contributed by atoms with E-state index in [2.05, 4.69) is 43.5 Å². The normalized spacial score (nSPS) is 12.7. The molecule has 0 aliphatic rings. The van der Waals surface area contributed by atoms with E-state index < -0.39 is 12.1 Å². The molecule has 0 aromatic heterocycles. The Morgan fingerprint density at radius 3 is 0.987 bits per heavy atom. The molecule has 0 bridgehead atoms. The van der Waals surface area contributed by atoms with Crippen molar-refractivity contribution in [1.29, 1.82) is 0 Å². The molecule has 466 valence electrons. The van der Waals surface area contributed by atoms with Crippen LogP contribution in [0, 0.1) is 0 Å². The molecular weight excluding hydrogens is 971 g/mol. The standard InChI is InChI=1S/C73H139NO5/c1-3-5-7-9-11-13-15-17-19-21-22-30-34-37-41-45-49-53-57-61-65-71(76)70(69-75)74-72(77)66-62-58-54-50-46-42-38-35-31-28-26-24-23-25-27-29-32-36-40-44-48-52-56-60-64-68-79-73(78)67-63-59-55-51-47-43-39-33-20-18-16-14-12-10-8-6-4-2/h12,14,18,20,61,65,70-71,75-76H,3-11,13,15-17,19,21-60,62-64,66-69H2,1-2H3,(H,74,77)/b14-12-,20-18-,65-61+. The number of allylic oxidation sites excluding steroid dienone is 5. The number of nitrogens with one attached hydrogen (secondary N) is 1. The quantitative estimate of drug-likeness (QED) is 0.0320. The number of ether oxygens (including phenoxy) is 1. The highest BCUT2D eigenvalue weighted by Crippen LogP contribution is 2.19. The largest absolute Gasteiger partial charge is 0.466 e. The molecule has 0 radical (unpaired) electrons. The van der Waals surface area contributed by atoms with Gasteiger partial charge in [-0.1, -0.05) is 352 Å². The number of aliphatic hydroxyl groups excluding tert-OH is 2. The second-order valence-corrected chi connectivity index (χ2v) is 24.6. The van der Waals surface area contributed by atoms with E-state index in [0.29, 0.717) is 19.4 Å². The number of rotatable bonds is 67. The molecule has 1 amide bonds. The van der Waals surface area contributed by atoms with Crippen LogP contribution in [-0.2, 0) is 14.3 Å². The van der Waals surface area contributed by atoms with Crippen molar-refractivity contribution < 1.29 is 24.5 Å². The number of esters is 1. The maximum absolute atomic E-state index is 12.5. The smallest absolute Gasteiger partial charge is 0.305 e. The van der Waals surface area contributed by atoms with E-state index in [1.165, 1.54) is 315 Å². The van der Waals surface area contributed by atoms with E-state index in [-0.39, 0.29) is 18.5 Å². The topological polar surface area (TPSA) is 95.9 Å². The number of amides is 1. The summed E-state index contributed by atoms with van der Waals surface area (Å²) < 4.78 is 5.50. The minimum atomic E-state index is -0.844. The minimum Gasteiger partial charge on any atom is -0.466 e. The molecule has 0 aliphatic heterocycles. The third kappa shape index (κ3) is 65.1. The fourth-order valence-electron chi connectivity index (χ4n) is 11.2. The Morgan fingerprint density at radius 1 is 0.354 bits per heavy atom. The van der Waals surface area contributed by atoms with E-state index >= 15 is 0 Å². The number of carbonyl (C=O) groups excluding carboxylic acids is 2. The van der Waals surface area contributed by atoms with Gasteiger partial charge in [0, 0.05) is 12.8 Å². The highest BCUT2D eigenvalue weighted by molar-refractivity contribution is 5.76. The Bertz CT molecular complexity index is 1280. The van der Waals surface area contributed by atoms with Crippen LogP contribution in [0.15, 0.2) is 36.5 Å². The van der Waals surface area contributed by atoms with Crippen molar-refractivity contribution in [3.05, 3.63) is 36.5 Å². The van der Waals surface area contributed by atoms with Crippen LogP contribution in [0.1, 0.15) is 393 Å². The minimum absolute atomic E-state index is 0.00874. The Kier molecular flexibility index (Phi) is 66.9. The van der Waals surface area contributed by atoms with Gasteiger partial charge in [0.25, 0.3) is 0 Å². The third-order valence-electron chi connectivity index (χ3n) is 16.7. The first-order valence-corrected chi connectivity index (χ1v) is 35.8. The lowest BCUT2D eigenvalue weighted by Crippen LogP contribution is -2.45. The summed E-state index contributed by atoms with van der Waals surface area (Å²) in [7, 11) is 0. The Morgan fingerprint density at radius 2 is 0.633 bits per heavy atom. The summed E-state index contributed by atoms with van der Waals surface area (Å²) in [6.07, 6.45) is 87.9. The molecule has 0 saturated carbocycles. The van der Waals surface area contributed by atoms with Crippen molar-refractivity contribution in [3.8, 4) is 0 Å². The van der Waals surface area contributed by atoms with Crippen LogP contribution < -0.4 is 5.32 Å². The fraction of sp³-hybridized carbons (Fsp3) is 0.890. The van der Waals surface area contributed by atoms with Gasteiger partial charge >= 0.3 is 5.97 Å².